The molecule has 3 nitrogen and oxygen atoms in total. The van der Waals surface area contributed by atoms with Gasteiger partial charge in [0.05, 0.1) is 6.33 Å². The molecule has 0 unspecified atom stereocenters. The maximum atomic E-state index is 13.7. The Morgan fingerprint density at radius 2 is 2.06 bits per heavy atom. The highest BCUT2D eigenvalue weighted by Crippen LogP contribution is 2.28. The van der Waals surface area contributed by atoms with Crippen LogP contribution in [0.2, 0.25) is 0 Å². The number of hydrogen-bond acceptors (Lipinski definition) is 2. The minimum Gasteiger partial charge on any atom is -0.383 e. The molecule has 0 amide bonds. The summed E-state index contributed by atoms with van der Waals surface area (Å²) in [5.41, 5.74) is 6.29. The summed E-state index contributed by atoms with van der Waals surface area (Å²) in [7, 11) is 0. The molecule has 18 heavy (non-hydrogen) atoms. The first-order chi connectivity index (χ1) is 8.50. The lowest BCUT2D eigenvalue weighted by Crippen LogP contribution is -2.07. The smallest absolute Gasteiger partial charge is 0.168 e. The van der Waals surface area contributed by atoms with Crippen LogP contribution in [0.5, 0.6) is 0 Å². The lowest BCUT2D eigenvalue weighted by Gasteiger charge is -2.08. The molecule has 1 aromatic heterocycles. The highest BCUT2D eigenvalue weighted by Gasteiger charge is 2.16. The largest absolute Gasteiger partial charge is 0.383 e. The van der Waals surface area contributed by atoms with Crippen LogP contribution in [-0.2, 0) is 6.54 Å². The van der Waals surface area contributed by atoms with E-state index in [-0.39, 0.29) is 11.3 Å². The number of nitrogen functional groups attached to an aromatic ring is 1. The fourth-order valence-electron chi connectivity index (χ4n) is 1.82. The van der Waals surface area contributed by atoms with Crippen molar-refractivity contribution in [1.82, 2.24) is 9.55 Å². The number of rotatable bonds is 3. The summed E-state index contributed by atoms with van der Waals surface area (Å²) in [6.45, 7) is 4.78. The summed E-state index contributed by atoms with van der Waals surface area (Å²) in [5, 5.41) is 0. The fourth-order valence-corrected chi connectivity index (χ4v) is 1.82. The lowest BCUT2D eigenvalue weighted by atomic mass is 10.1. The third-order valence-corrected chi connectivity index (χ3v) is 2.65. The second kappa shape index (κ2) is 4.76. The fraction of sp³-hybridized carbons (Fsp3) is 0.308. The van der Waals surface area contributed by atoms with E-state index in [0.717, 1.165) is 6.07 Å². The molecule has 1 aromatic carbocycles. The Bertz CT molecular complexity index is 561. The molecule has 0 aliphatic carbocycles. The molecule has 0 radical (unpaired) electrons. The molecule has 96 valence electrons. The van der Waals surface area contributed by atoms with Gasteiger partial charge < -0.3 is 10.3 Å². The number of halogens is 2. The van der Waals surface area contributed by atoms with Crippen LogP contribution in [0.15, 0.2) is 24.5 Å². The van der Waals surface area contributed by atoms with Gasteiger partial charge in [-0.3, -0.25) is 0 Å². The molecule has 0 aliphatic rings. The summed E-state index contributed by atoms with van der Waals surface area (Å²) in [5.74, 6) is -1.07. The molecule has 2 N–H and O–H groups in total. The van der Waals surface area contributed by atoms with Crippen molar-refractivity contribution < 1.29 is 8.78 Å². The second-order valence-electron chi connectivity index (χ2n) is 4.63. The first-order valence-electron chi connectivity index (χ1n) is 5.75. The van der Waals surface area contributed by atoms with Crippen molar-refractivity contribution in [2.75, 3.05) is 5.73 Å². The molecule has 5 heteroatoms. The van der Waals surface area contributed by atoms with Gasteiger partial charge >= 0.3 is 0 Å². The van der Waals surface area contributed by atoms with Gasteiger partial charge in [-0.1, -0.05) is 19.9 Å². The van der Waals surface area contributed by atoms with Gasteiger partial charge in [0.25, 0.3) is 0 Å². The van der Waals surface area contributed by atoms with Gasteiger partial charge in [0.2, 0.25) is 0 Å². The van der Waals surface area contributed by atoms with Gasteiger partial charge in [-0.15, -0.1) is 0 Å². The Labute approximate surface area is 104 Å². The standard InChI is InChI=1S/C13H15F2N3/c1-8(2)6-18-7-17-12(13(18)16)9-4-3-5-10(14)11(9)15/h3-5,7-8H,6,16H2,1-2H3. The SMILES string of the molecule is CC(C)Cn1cnc(-c2cccc(F)c2F)c1N. The Balaban J connectivity index is 2.46. The molecule has 0 aliphatic heterocycles. The topological polar surface area (TPSA) is 43.8 Å². The third-order valence-electron chi connectivity index (χ3n) is 2.65. The predicted molar refractivity (Wildman–Crippen MR) is 66.8 cm³/mol. The average molecular weight is 251 g/mol. The number of nitrogens with zero attached hydrogens (tertiary/aromatic N) is 2. The van der Waals surface area contributed by atoms with E-state index in [1.807, 2.05) is 13.8 Å². The summed E-state index contributed by atoms with van der Waals surface area (Å²) >= 11 is 0. The summed E-state index contributed by atoms with van der Waals surface area (Å²) in [6.07, 6.45) is 1.55. The second-order valence-corrected chi connectivity index (χ2v) is 4.63. The Kier molecular flexibility index (Phi) is 3.32. The van der Waals surface area contributed by atoms with Crippen LogP contribution < -0.4 is 5.73 Å². The van der Waals surface area contributed by atoms with Crippen LogP contribution in [0.3, 0.4) is 0 Å². The Morgan fingerprint density at radius 1 is 1.33 bits per heavy atom. The van der Waals surface area contributed by atoms with Crippen molar-refractivity contribution in [2.24, 2.45) is 5.92 Å². The summed E-state index contributed by atoms with van der Waals surface area (Å²) in [6, 6.07) is 3.98. The molecule has 0 bridgehead atoms. The van der Waals surface area contributed by atoms with Crippen LogP contribution in [0.1, 0.15) is 13.8 Å². The van der Waals surface area contributed by atoms with Crippen LogP contribution in [-0.4, -0.2) is 9.55 Å². The van der Waals surface area contributed by atoms with E-state index in [4.69, 9.17) is 5.73 Å². The van der Waals surface area contributed by atoms with E-state index in [9.17, 15) is 8.78 Å². The summed E-state index contributed by atoms with van der Waals surface area (Å²) < 4.78 is 28.6. The molecular formula is C13H15F2N3. The van der Waals surface area contributed by atoms with Crippen molar-refractivity contribution in [1.29, 1.82) is 0 Å². The number of nitrogens with two attached hydrogens (primary N) is 1. The predicted octanol–water partition coefficient (Wildman–Crippen LogP) is 3.07. The van der Waals surface area contributed by atoms with E-state index >= 15 is 0 Å². The molecular weight excluding hydrogens is 236 g/mol. The van der Waals surface area contributed by atoms with Gasteiger partial charge in [-0.25, -0.2) is 13.8 Å². The zero-order valence-corrected chi connectivity index (χ0v) is 10.3. The first-order valence-corrected chi connectivity index (χ1v) is 5.75. The van der Waals surface area contributed by atoms with Gasteiger partial charge in [-0.05, 0) is 18.1 Å². The van der Waals surface area contributed by atoms with E-state index in [1.54, 1.807) is 10.9 Å². The minimum absolute atomic E-state index is 0.0926. The number of hydrogen-bond donors (Lipinski definition) is 1. The monoisotopic (exact) mass is 251 g/mol. The van der Waals surface area contributed by atoms with Crippen LogP contribution in [0.25, 0.3) is 11.3 Å². The molecule has 1 heterocycles. The van der Waals surface area contributed by atoms with Gasteiger partial charge in [0.15, 0.2) is 11.6 Å². The maximum absolute atomic E-state index is 13.7. The van der Waals surface area contributed by atoms with Gasteiger partial charge in [0.1, 0.15) is 11.5 Å². The van der Waals surface area contributed by atoms with Crippen molar-refractivity contribution in [3.63, 3.8) is 0 Å². The van der Waals surface area contributed by atoms with Crippen LogP contribution in [0.4, 0.5) is 14.6 Å². The quantitative estimate of drug-likeness (QED) is 0.911. The average Bonchev–Trinajstić information content (AvgIpc) is 2.64. The van der Waals surface area contributed by atoms with Crippen molar-refractivity contribution in [3.05, 3.63) is 36.2 Å². The van der Waals surface area contributed by atoms with Crippen LogP contribution in [0, 0.1) is 17.6 Å². The normalized spacial score (nSPS) is 11.2. The lowest BCUT2D eigenvalue weighted by molar-refractivity contribution is 0.511. The highest BCUT2D eigenvalue weighted by atomic mass is 19.2. The van der Waals surface area contributed by atoms with Crippen molar-refractivity contribution >= 4 is 5.82 Å². The number of imidazole rings is 1. The van der Waals surface area contributed by atoms with Crippen molar-refractivity contribution in [2.45, 2.75) is 20.4 Å². The Hall–Kier alpha value is -1.91. The third kappa shape index (κ3) is 2.20. The number of benzene rings is 1. The minimum atomic E-state index is -0.918. The molecule has 2 rings (SSSR count). The number of aromatic nitrogens is 2. The zero-order chi connectivity index (χ0) is 13.3. The Morgan fingerprint density at radius 3 is 2.72 bits per heavy atom. The van der Waals surface area contributed by atoms with Gasteiger partial charge in [0, 0.05) is 12.1 Å². The highest BCUT2D eigenvalue weighted by molar-refractivity contribution is 5.70. The molecule has 0 atom stereocenters. The molecule has 0 spiro atoms. The molecule has 0 saturated heterocycles. The van der Waals surface area contributed by atoms with Gasteiger partial charge in [-0.2, -0.15) is 0 Å². The van der Waals surface area contributed by atoms with E-state index in [0.29, 0.717) is 18.3 Å². The molecule has 2 aromatic rings. The van der Waals surface area contributed by atoms with Crippen molar-refractivity contribution in [3.8, 4) is 11.3 Å². The number of anilines is 1. The zero-order valence-electron chi connectivity index (χ0n) is 10.3. The molecule has 0 saturated carbocycles. The summed E-state index contributed by atoms with van der Waals surface area (Å²) in [4.78, 5) is 4.07. The maximum Gasteiger partial charge on any atom is 0.168 e. The molecule has 0 fully saturated rings. The van der Waals surface area contributed by atoms with E-state index in [1.165, 1.54) is 12.1 Å². The van der Waals surface area contributed by atoms with E-state index < -0.39 is 11.6 Å². The first kappa shape index (κ1) is 12.5. The van der Waals surface area contributed by atoms with E-state index in [2.05, 4.69) is 4.98 Å². The van der Waals surface area contributed by atoms with Crippen LogP contribution >= 0.6 is 0 Å².